The van der Waals surface area contributed by atoms with Gasteiger partial charge in [0.2, 0.25) is 10.4 Å². The first-order valence-electron chi connectivity index (χ1n) is 7.78. The number of nitrogens with one attached hydrogen (secondary N) is 1. The summed E-state index contributed by atoms with van der Waals surface area (Å²) < 4.78 is 3.47. The maximum absolute atomic E-state index is 12.7. The number of aliphatic carboxylic acids is 1. The number of hydrogen-bond donors (Lipinski definition) is 1. The molecule has 0 spiro atoms. The van der Waals surface area contributed by atoms with E-state index in [1.165, 1.54) is 30.0 Å². The van der Waals surface area contributed by atoms with Crippen molar-refractivity contribution in [3.63, 3.8) is 0 Å². The number of alkyl halides is 1. The van der Waals surface area contributed by atoms with Gasteiger partial charge >= 0.3 is 35.5 Å². The summed E-state index contributed by atoms with van der Waals surface area (Å²) in [6, 6.07) is 3.64. The number of carbonyl (C=O) groups excluding carboxylic acids is 4. The Hall–Kier alpha value is -0.850. The van der Waals surface area contributed by atoms with Crippen LogP contribution in [0.15, 0.2) is 28.8 Å². The summed E-state index contributed by atoms with van der Waals surface area (Å²) in [5.41, 5.74) is -0.0353. The van der Waals surface area contributed by atoms with Crippen LogP contribution in [0.4, 0.5) is 0 Å². The molecule has 1 N–H and O–H groups in total. The summed E-state index contributed by atoms with van der Waals surface area (Å²) in [4.78, 5) is 49.4. The maximum atomic E-state index is 12.7. The molecular formula is C16H14BrN2NaO6S2. The van der Waals surface area contributed by atoms with Crippen molar-refractivity contribution in [1.29, 1.82) is 0 Å². The average molecular weight is 497 g/mol. The number of amides is 2. The van der Waals surface area contributed by atoms with E-state index in [4.69, 9.17) is 4.74 Å². The van der Waals surface area contributed by atoms with E-state index in [2.05, 4.69) is 21.2 Å². The quantitative estimate of drug-likeness (QED) is 0.146. The number of halogens is 1. The fraction of sp³-hybridized carbons (Fsp3) is 0.375. The molecule has 1 saturated heterocycles. The molecule has 2 aliphatic heterocycles. The van der Waals surface area contributed by atoms with Crippen LogP contribution in [0.25, 0.3) is 0 Å². The van der Waals surface area contributed by atoms with Crippen molar-refractivity contribution in [2.45, 2.75) is 23.2 Å². The Bertz CT molecular complexity index is 846. The van der Waals surface area contributed by atoms with Crippen LogP contribution in [0.3, 0.4) is 0 Å². The Kier molecular flexibility index (Phi) is 7.79. The van der Waals surface area contributed by atoms with Crippen molar-refractivity contribution in [2.24, 2.45) is 0 Å². The smallest absolute Gasteiger partial charge is 0.543 e. The Morgan fingerprint density at radius 2 is 2.18 bits per heavy atom. The number of carbonyl (C=O) groups is 4. The molecule has 1 aromatic heterocycles. The fourth-order valence-electron chi connectivity index (χ4n) is 2.80. The molecule has 0 aromatic carbocycles. The number of carboxylic acid groups (broad SMARTS) is 1. The van der Waals surface area contributed by atoms with E-state index in [-0.39, 0.29) is 65.5 Å². The summed E-state index contributed by atoms with van der Waals surface area (Å²) in [6.07, 6.45) is 0.122. The molecule has 3 rings (SSSR count). The second-order valence-electron chi connectivity index (χ2n) is 5.87. The van der Waals surface area contributed by atoms with Crippen molar-refractivity contribution in [2.75, 3.05) is 12.4 Å². The molecule has 144 valence electrons. The zero-order chi connectivity index (χ0) is 19.8. The topological polar surface area (TPSA) is 116 Å². The molecule has 12 heteroatoms. The van der Waals surface area contributed by atoms with Crippen molar-refractivity contribution in [1.82, 2.24) is 10.2 Å². The van der Waals surface area contributed by atoms with Crippen LogP contribution < -0.4 is 40.0 Å². The van der Waals surface area contributed by atoms with Gasteiger partial charge in [-0.15, -0.1) is 23.1 Å². The molecule has 1 aromatic rings. The Labute approximate surface area is 199 Å². The standard InChI is InChI=1S/C16H15BrN2O6S2.Na/c1-8(20)25-6-9-7-27-15-16(17,14(24)19(15)12(9)13(22)23)18-11(21)5-10-3-2-4-26-10;/h2-4,15H,5-7H2,1H3,(H,18,21)(H,22,23);/q;+1/p-1/t15-,16+;/m1./s1. The van der Waals surface area contributed by atoms with E-state index < -0.39 is 27.7 Å². The second-order valence-corrected chi connectivity index (χ2v) is 9.23. The van der Waals surface area contributed by atoms with Gasteiger partial charge in [-0.3, -0.25) is 19.3 Å². The van der Waals surface area contributed by atoms with Gasteiger partial charge in [0.25, 0.3) is 5.91 Å². The molecule has 2 amide bonds. The molecule has 1 fully saturated rings. The molecule has 8 nitrogen and oxygen atoms in total. The Balaban J connectivity index is 0.00000280. The average Bonchev–Trinajstić information content (AvgIpc) is 3.11. The molecule has 0 unspecified atom stereocenters. The number of nitrogens with zero attached hydrogens (tertiary/aromatic N) is 1. The molecular weight excluding hydrogens is 483 g/mol. The van der Waals surface area contributed by atoms with Crippen LogP contribution in [0.1, 0.15) is 11.8 Å². The zero-order valence-electron chi connectivity index (χ0n) is 15.0. The van der Waals surface area contributed by atoms with Crippen LogP contribution in [-0.2, 0) is 30.3 Å². The Morgan fingerprint density at radius 3 is 2.75 bits per heavy atom. The maximum Gasteiger partial charge on any atom is 1.00 e. The second kappa shape index (κ2) is 9.31. The van der Waals surface area contributed by atoms with Crippen molar-refractivity contribution in [3.05, 3.63) is 33.7 Å². The number of β-lactam (4-membered cyclic amide) rings is 1. The number of ether oxygens (including phenoxy) is 1. The van der Waals surface area contributed by atoms with E-state index >= 15 is 0 Å². The molecule has 0 saturated carbocycles. The van der Waals surface area contributed by atoms with Gasteiger partial charge in [-0.25, -0.2) is 0 Å². The Morgan fingerprint density at radius 1 is 1.46 bits per heavy atom. The number of thioether (sulfide) groups is 1. The van der Waals surface area contributed by atoms with Crippen molar-refractivity contribution < 1.29 is 58.6 Å². The first-order valence-corrected chi connectivity index (χ1v) is 10.5. The van der Waals surface area contributed by atoms with E-state index in [1.807, 2.05) is 17.5 Å². The SMILES string of the molecule is CC(=O)OCC1=C(C(=O)[O-])N2C(=O)[C@](Br)(NC(=O)Cc3cccs3)[C@H]2SC1.[Na+]. The minimum Gasteiger partial charge on any atom is -0.543 e. The summed E-state index contributed by atoms with van der Waals surface area (Å²) in [5.74, 6) is -2.83. The van der Waals surface area contributed by atoms with Gasteiger partial charge in [0.1, 0.15) is 12.0 Å². The van der Waals surface area contributed by atoms with Gasteiger partial charge in [-0.2, -0.15) is 0 Å². The summed E-state index contributed by atoms with van der Waals surface area (Å²) in [5, 5.41) is 15.4. The summed E-state index contributed by atoms with van der Waals surface area (Å²) in [6.45, 7) is 0.974. The molecule has 0 aliphatic carbocycles. The number of esters is 1. The molecule has 28 heavy (non-hydrogen) atoms. The minimum atomic E-state index is -1.53. The van der Waals surface area contributed by atoms with Gasteiger partial charge in [0.05, 0.1) is 18.1 Å². The predicted octanol–water partition coefficient (Wildman–Crippen LogP) is -3.02. The zero-order valence-corrected chi connectivity index (χ0v) is 20.2. The largest absolute Gasteiger partial charge is 1.00 e. The van der Waals surface area contributed by atoms with Crippen LogP contribution in [0.2, 0.25) is 0 Å². The van der Waals surface area contributed by atoms with Gasteiger partial charge in [-0.1, -0.05) is 6.07 Å². The third-order valence-electron chi connectivity index (χ3n) is 3.98. The predicted molar refractivity (Wildman–Crippen MR) is 99.6 cm³/mol. The summed E-state index contributed by atoms with van der Waals surface area (Å²) >= 11 is 5.96. The molecule has 0 radical (unpaired) electrons. The third kappa shape index (κ3) is 4.49. The molecule has 3 heterocycles. The van der Waals surface area contributed by atoms with E-state index in [9.17, 15) is 24.3 Å². The fourth-order valence-corrected chi connectivity index (χ4v) is 5.84. The minimum absolute atomic E-state index is 0. The van der Waals surface area contributed by atoms with Crippen LogP contribution in [0.5, 0.6) is 0 Å². The van der Waals surface area contributed by atoms with Gasteiger partial charge < -0.3 is 20.0 Å². The monoisotopic (exact) mass is 496 g/mol. The number of hydrogen-bond acceptors (Lipinski definition) is 8. The van der Waals surface area contributed by atoms with Crippen LogP contribution >= 0.6 is 39.0 Å². The van der Waals surface area contributed by atoms with E-state index in [0.29, 0.717) is 0 Å². The molecule has 2 aliphatic rings. The number of fused-ring (bicyclic) bond motifs is 1. The van der Waals surface area contributed by atoms with Gasteiger partial charge in [-0.05, 0) is 27.4 Å². The molecule has 2 atom stereocenters. The normalized spacial score (nSPS) is 23.3. The van der Waals surface area contributed by atoms with Crippen molar-refractivity contribution in [3.8, 4) is 0 Å². The first-order chi connectivity index (χ1) is 12.7. The summed E-state index contributed by atoms with van der Waals surface area (Å²) in [7, 11) is 0. The van der Waals surface area contributed by atoms with Crippen LogP contribution in [0, 0.1) is 0 Å². The van der Waals surface area contributed by atoms with Crippen LogP contribution in [-0.4, -0.2) is 50.8 Å². The molecule has 0 bridgehead atoms. The first kappa shape index (κ1) is 23.4. The number of rotatable bonds is 6. The number of carboxylic acids is 1. The van der Waals surface area contributed by atoms with E-state index in [1.54, 1.807) is 0 Å². The van der Waals surface area contributed by atoms with Gasteiger partial charge in [0, 0.05) is 23.1 Å². The third-order valence-corrected chi connectivity index (χ3v) is 7.52. The van der Waals surface area contributed by atoms with E-state index in [0.717, 1.165) is 9.78 Å². The number of thiophene rings is 1. The van der Waals surface area contributed by atoms with Gasteiger partial charge in [0.15, 0.2) is 0 Å². The van der Waals surface area contributed by atoms with Crippen molar-refractivity contribution >= 4 is 62.8 Å².